The van der Waals surface area contributed by atoms with Crippen LogP contribution in [0.3, 0.4) is 0 Å². The van der Waals surface area contributed by atoms with Gasteiger partial charge in [0.25, 0.3) is 5.91 Å². The molecule has 1 aliphatic heterocycles. The first-order valence-corrected chi connectivity index (χ1v) is 10.7. The summed E-state index contributed by atoms with van der Waals surface area (Å²) >= 11 is 5.95. The number of piperazine rings is 1. The monoisotopic (exact) mass is 487 g/mol. The Morgan fingerprint density at radius 2 is 1.81 bits per heavy atom. The average molecular weight is 488 g/mol. The third-order valence-corrected chi connectivity index (χ3v) is 6.89. The molecule has 14 heteroatoms. The Morgan fingerprint density at radius 3 is 2.29 bits per heavy atom. The van der Waals surface area contributed by atoms with E-state index in [2.05, 4.69) is 0 Å². The summed E-state index contributed by atoms with van der Waals surface area (Å²) in [5, 5.41) is 10.9. The second-order valence-corrected chi connectivity index (χ2v) is 9.23. The highest BCUT2D eigenvalue weighted by atomic mass is 35.5. The molecule has 0 saturated carbocycles. The molecule has 2 amide bonds. The van der Waals surface area contributed by atoms with Crippen LogP contribution in [0, 0.1) is 0 Å². The number of carbonyl (C=O) groups is 2. The van der Waals surface area contributed by atoms with Crippen LogP contribution < -0.4 is 5.32 Å². The Kier molecular flexibility index (Phi) is 7.59. The minimum absolute atomic E-state index is 0.0301. The van der Waals surface area contributed by atoms with Crippen LogP contribution in [0.5, 0.6) is 0 Å². The van der Waals surface area contributed by atoms with Crippen LogP contribution in [0.15, 0.2) is 23.1 Å². The summed E-state index contributed by atoms with van der Waals surface area (Å²) in [5.41, 5.74) is -3.97. The molecule has 1 saturated heterocycles. The molecular formula is C17H21ClF3N3O6S. The molecule has 1 aromatic rings. The summed E-state index contributed by atoms with van der Waals surface area (Å²) in [6.07, 6.45) is -5.22. The van der Waals surface area contributed by atoms with Gasteiger partial charge in [-0.3, -0.25) is 9.59 Å². The van der Waals surface area contributed by atoms with Crippen molar-refractivity contribution in [3.8, 4) is 0 Å². The third-order valence-electron chi connectivity index (χ3n) is 4.68. The van der Waals surface area contributed by atoms with Crippen LogP contribution in [0.1, 0.15) is 6.92 Å². The smallest absolute Gasteiger partial charge is 0.375 e. The average Bonchev–Trinajstić information content (AvgIpc) is 2.68. The lowest BCUT2D eigenvalue weighted by Gasteiger charge is -2.34. The Labute approximate surface area is 181 Å². The van der Waals surface area contributed by atoms with Gasteiger partial charge in [-0.05, 0) is 25.1 Å². The number of methoxy groups -OCH3 is 1. The Balaban J connectivity index is 2.14. The van der Waals surface area contributed by atoms with E-state index in [0.717, 1.165) is 22.5 Å². The molecule has 0 unspecified atom stereocenters. The van der Waals surface area contributed by atoms with Gasteiger partial charge in [0.2, 0.25) is 21.5 Å². The number of amides is 2. The number of aliphatic hydroxyl groups is 1. The van der Waals surface area contributed by atoms with Gasteiger partial charge in [-0.2, -0.15) is 17.5 Å². The van der Waals surface area contributed by atoms with E-state index < -0.39 is 27.7 Å². The van der Waals surface area contributed by atoms with E-state index in [0.29, 0.717) is 0 Å². The number of nitrogens with zero attached hydrogens (tertiary/aromatic N) is 2. The molecule has 174 valence electrons. The highest BCUT2D eigenvalue weighted by molar-refractivity contribution is 7.89. The van der Waals surface area contributed by atoms with Crippen molar-refractivity contribution >= 4 is 39.1 Å². The second-order valence-electron chi connectivity index (χ2n) is 6.88. The summed E-state index contributed by atoms with van der Waals surface area (Å²) < 4.78 is 69.9. The number of alkyl halides is 3. The number of nitrogens with one attached hydrogen (secondary N) is 1. The number of hydrogen-bond acceptors (Lipinski definition) is 6. The van der Waals surface area contributed by atoms with Gasteiger partial charge in [0.1, 0.15) is 6.61 Å². The van der Waals surface area contributed by atoms with E-state index in [4.69, 9.17) is 16.3 Å². The Morgan fingerprint density at radius 1 is 1.23 bits per heavy atom. The van der Waals surface area contributed by atoms with Crippen LogP contribution in [0.25, 0.3) is 0 Å². The van der Waals surface area contributed by atoms with Gasteiger partial charge in [0.15, 0.2) is 0 Å². The van der Waals surface area contributed by atoms with Crippen LogP contribution in [0.2, 0.25) is 5.02 Å². The fourth-order valence-electron chi connectivity index (χ4n) is 2.67. The number of benzene rings is 1. The molecule has 1 aromatic carbocycles. The zero-order valence-corrected chi connectivity index (χ0v) is 18.1. The quantitative estimate of drug-likeness (QED) is 0.620. The molecule has 1 fully saturated rings. The van der Waals surface area contributed by atoms with Crippen molar-refractivity contribution in [3.63, 3.8) is 0 Å². The fourth-order valence-corrected chi connectivity index (χ4v) is 4.41. The topological polar surface area (TPSA) is 116 Å². The number of rotatable bonds is 6. The first-order valence-electron chi connectivity index (χ1n) is 8.88. The van der Waals surface area contributed by atoms with Crippen LogP contribution in [-0.2, 0) is 24.3 Å². The van der Waals surface area contributed by atoms with Gasteiger partial charge >= 0.3 is 6.18 Å². The van der Waals surface area contributed by atoms with E-state index >= 15 is 0 Å². The van der Waals surface area contributed by atoms with E-state index in [1.54, 1.807) is 0 Å². The van der Waals surface area contributed by atoms with Crippen molar-refractivity contribution in [1.82, 2.24) is 9.21 Å². The normalized spacial score (nSPS) is 17.8. The number of anilines is 1. The van der Waals surface area contributed by atoms with E-state index in [-0.39, 0.29) is 61.2 Å². The van der Waals surface area contributed by atoms with Crippen LogP contribution in [0.4, 0.5) is 18.9 Å². The molecule has 1 heterocycles. The molecule has 0 aliphatic carbocycles. The van der Waals surface area contributed by atoms with Gasteiger partial charge in [-0.15, -0.1) is 0 Å². The maximum atomic E-state index is 12.8. The number of ether oxygens (including phenoxy) is 1. The molecule has 9 nitrogen and oxygen atoms in total. The minimum atomic E-state index is -5.22. The predicted molar refractivity (Wildman–Crippen MR) is 104 cm³/mol. The molecule has 31 heavy (non-hydrogen) atoms. The third kappa shape index (κ3) is 5.47. The van der Waals surface area contributed by atoms with Gasteiger partial charge in [-0.1, -0.05) is 11.6 Å². The van der Waals surface area contributed by atoms with Crippen molar-refractivity contribution in [2.45, 2.75) is 23.6 Å². The van der Waals surface area contributed by atoms with Crippen LogP contribution >= 0.6 is 11.6 Å². The molecule has 2 N–H and O–H groups in total. The summed E-state index contributed by atoms with van der Waals surface area (Å²) in [7, 11) is -2.63. The number of halogens is 4. The molecule has 2 rings (SSSR count). The lowest BCUT2D eigenvalue weighted by molar-refractivity contribution is -0.242. The highest BCUT2D eigenvalue weighted by Crippen LogP contribution is 2.33. The fraction of sp³-hybridized carbons (Fsp3) is 0.529. The maximum absolute atomic E-state index is 12.8. The largest absolute Gasteiger partial charge is 0.426 e. The highest BCUT2D eigenvalue weighted by Gasteiger charge is 2.55. The van der Waals surface area contributed by atoms with Crippen molar-refractivity contribution in [2.24, 2.45) is 0 Å². The van der Waals surface area contributed by atoms with Crippen molar-refractivity contribution in [3.05, 3.63) is 23.2 Å². The summed E-state index contributed by atoms with van der Waals surface area (Å²) in [5.74, 6) is -2.04. The lowest BCUT2D eigenvalue weighted by Crippen LogP contribution is -2.52. The molecule has 0 aromatic heterocycles. The first kappa shape index (κ1) is 25.3. The summed E-state index contributed by atoms with van der Waals surface area (Å²) in [6.45, 7) is 0.555. The molecular weight excluding hydrogens is 467 g/mol. The van der Waals surface area contributed by atoms with E-state index in [1.807, 2.05) is 5.32 Å². The molecule has 1 aliphatic rings. The molecule has 0 radical (unpaired) electrons. The SMILES string of the molecule is COCC(=O)N1CCN(S(=O)(=O)c2ccc(NC(=O)[C@@](C)(O)C(F)(F)F)c(Cl)c2)CC1. The zero-order valence-electron chi connectivity index (χ0n) is 16.6. The number of carbonyl (C=O) groups excluding carboxylic acids is 2. The van der Waals surface area contributed by atoms with Gasteiger partial charge in [-0.25, -0.2) is 8.42 Å². The predicted octanol–water partition coefficient (Wildman–Crippen LogP) is 1.07. The van der Waals surface area contributed by atoms with Gasteiger partial charge < -0.3 is 20.1 Å². The lowest BCUT2D eigenvalue weighted by atomic mass is 10.1. The van der Waals surface area contributed by atoms with Gasteiger partial charge in [0.05, 0.1) is 15.6 Å². The maximum Gasteiger partial charge on any atom is 0.426 e. The van der Waals surface area contributed by atoms with E-state index in [9.17, 15) is 36.3 Å². The van der Waals surface area contributed by atoms with Gasteiger partial charge in [0, 0.05) is 33.3 Å². The zero-order chi connectivity index (χ0) is 23.6. The Hall–Kier alpha value is -1.93. The standard InChI is InChI=1S/C17H21ClF3N3O6S/c1-16(27,17(19,20)21)15(26)22-13-4-3-11(9-12(13)18)31(28,29)24-7-5-23(6-8-24)14(25)10-30-2/h3-4,9,27H,5-8,10H2,1-2H3,(H,22,26)/t16-/m1/s1. The minimum Gasteiger partial charge on any atom is -0.375 e. The molecule has 0 spiro atoms. The van der Waals surface area contributed by atoms with Crippen LogP contribution in [-0.4, -0.2) is 86.2 Å². The summed E-state index contributed by atoms with van der Waals surface area (Å²) in [4.78, 5) is 24.8. The van der Waals surface area contributed by atoms with E-state index in [1.165, 1.54) is 12.0 Å². The number of sulfonamides is 1. The first-order chi connectivity index (χ1) is 14.2. The summed E-state index contributed by atoms with van der Waals surface area (Å²) in [6, 6.07) is 3.08. The van der Waals surface area contributed by atoms with Crippen molar-refractivity contribution < 1.29 is 41.0 Å². The molecule has 0 bridgehead atoms. The van der Waals surface area contributed by atoms with Crippen molar-refractivity contribution in [2.75, 3.05) is 45.2 Å². The second kappa shape index (κ2) is 9.28. The van der Waals surface area contributed by atoms with Crippen molar-refractivity contribution in [1.29, 1.82) is 0 Å². The Bertz CT molecular complexity index is 947. The number of hydrogen-bond donors (Lipinski definition) is 2. The molecule has 1 atom stereocenters.